The zero-order valence-corrected chi connectivity index (χ0v) is 15.2. The van der Waals surface area contributed by atoms with Crippen molar-refractivity contribution < 1.29 is 18.4 Å². The Morgan fingerprint density at radius 2 is 1.64 bits per heavy atom. The van der Waals surface area contributed by atoms with E-state index in [0.29, 0.717) is 44.2 Å². The first kappa shape index (κ1) is 17.8. The molecule has 1 saturated heterocycles. The highest BCUT2D eigenvalue weighted by Crippen LogP contribution is 2.13. The molecular formula is C20H20N4O4. The second kappa shape index (κ2) is 7.99. The van der Waals surface area contributed by atoms with Crippen molar-refractivity contribution in [3.05, 3.63) is 72.3 Å². The lowest BCUT2D eigenvalue weighted by molar-refractivity contribution is 0.0515. The summed E-state index contributed by atoms with van der Waals surface area (Å²) >= 11 is 0. The Labute approximate surface area is 161 Å². The number of nitrogens with one attached hydrogen (secondary N) is 1. The summed E-state index contributed by atoms with van der Waals surface area (Å²) in [4.78, 5) is 32.6. The maximum atomic E-state index is 12.7. The third kappa shape index (κ3) is 3.90. The van der Waals surface area contributed by atoms with E-state index >= 15 is 0 Å². The SMILES string of the molecule is O=C(c1ccc(NCc2ccco2)cn1)N1CCN(C(=O)c2ccco2)CC1. The van der Waals surface area contributed by atoms with E-state index < -0.39 is 0 Å². The molecule has 2 amide bonds. The summed E-state index contributed by atoms with van der Waals surface area (Å²) < 4.78 is 10.4. The van der Waals surface area contributed by atoms with Gasteiger partial charge in [0.2, 0.25) is 0 Å². The molecule has 3 aromatic heterocycles. The fourth-order valence-corrected chi connectivity index (χ4v) is 3.06. The number of carbonyl (C=O) groups excluding carboxylic acids is 2. The lowest BCUT2D eigenvalue weighted by Gasteiger charge is -2.34. The van der Waals surface area contributed by atoms with Crippen molar-refractivity contribution in [2.45, 2.75) is 6.54 Å². The molecule has 1 N–H and O–H groups in total. The molecule has 0 aliphatic carbocycles. The van der Waals surface area contributed by atoms with Crippen LogP contribution in [0.25, 0.3) is 0 Å². The van der Waals surface area contributed by atoms with Gasteiger partial charge in [0.25, 0.3) is 11.8 Å². The molecule has 1 aliphatic heterocycles. The van der Waals surface area contributed by atoms with Crippen molar-refractivity contribution in [2.75, 3.05) is 31.5 Å². The average molecular weight is 380 g/mol. The van der Waals surface area contributed by atoms with Gasteiger partial charge in [-0.1, -0.05) is 0 Å². The Balaban J connectivity index is 1.30. The van der Waals surface area contributed by atoms with Crippen molar-refractivity contribution in [3.8, 4) is 0 Å². The molecule has 0 bridgehead atoms. The summed E-state index contributed by atoms with van der Waals surface area (Å²) in [5, 5.41) is 3.19. The van der Waals surface area contributed by atoms with Crippen molar-refractivity contribution in [1.82, 2.24) is 14.8 Å². The summed E-state index contributed by atoms with van der Waals surface area (Å²) in [6, 6.07) is 10.6. The third-order valence-corrected chi connectivity index (χ3v) is 4.62. The molecule has 0 radical (unpaired) electrons. The number of hydrogen-bond acceptors (Lipinski definition) is 6. The molecule has 0 aromatic carbocycles. The van der Waals surface area contributed by atoms with Crippen molar-refractivity contribution >= 4 is 17.5 Å². The molecule has 8 nitrogen and oxygen atoms in total. The predicted molar refractivity (Wildman–Crippen MR) is 101 cm³/mol. The molecule has 3 aromatic rings. The van der Waals surface area contributed by atoms with Gasteiger partial charge in [0.1, 0.15) is 11.5 Å². The van der Waals surface area contributed by atoms with E-state index in [2.05, 4.69) is 10.3 Å². The molecule has 0 atom stereocenters. The minimum Gasteiger partial charge on any atom is -0.467 e. The Bertz CT molecular complexity index is 912. The van der Waals surface area contributed by atoms with Gasteiger partial charge in [-0.15, -0.1) is 0 Å². The van der Waals surface area contributed by atoms with E-state index in [-0.39, 0.29) is 11.8 Å². The molecule has 28 heavy (non-hydrogen) atoms. The molecule has 144 valence electrons. The number of amides is 2. The number of hydrogen-bond donors (Lipinski definition) is 1. The van der Waals surface area contributed by atoms with E-state index in [9.17, 15) is 9.59 Å². The van der Waals surface area contributed by atoms with Crippen LogP contribution in [0.4, 0.5) is 5.69 Å². The van der Waals surface area contributed by atoms with Gasteiger partial charge in [-0.3, -0.25) is 9.59 Å². The fraction of sp³-hybridized carbons (Fsp3) is 0.250. The van der Waals surface area contributed by atoms with Crippen LogP contribution in [0.2, 0.25) is 0 Å². The maximum Gasteiger partial charge on any atom is 0.289 e. The molecular weight excluding hydrogens is 360 g/mol. The predicted octanol–water partition coefficient (Wildman–Crippen LogP) is 2.48. The first-order chi connectivity index (χ1) is 13.7. The van der Waals surface area contributed by atoms with Crippen molar-refractivity contribution in [2.24, 2.45) is 0 Å². The largest absolute Gasteiger partial charge is 0.467 e. The second-order valence-electron chi connectivity index (χ2n) is 6.43. The van der Waals surface area contributed by atoms with Gasteiger partial charge >= 0.3 is 0 Å². The van der Waals surface area contributed by atoms with E-state index in [1.165, 1.54) is 6.26 Å². The van der Waals surface area contributed by atoms with Gasteiger partial charge in [-0.25, -0.2) is 4.98 Å². The van der Waals surface area contributed by atoms with Crippen molar-refractivity contribution in [3.63, 3.8) is 0 Å². The number of piperazine rings is 1. The number of rotatable bonds is 5. The average Bonchev–Trinajstić information content (AvgIpc) is 3.46. The lowest BCUT2D eigenvalue weighted by Crippen LogP contribution is -2.50. The summed E-state index contributed by atoms with van der Waals surface area (Å²) in [6.07, 6.45) is 4.73. The number of furan rings is 2. The smallest absolute Gasteiger partial charge is 0.289 e. The van der Waals surface area contributed by atoms with Crippen LogP contribution in [0.1, 0.15) is 26.8 Å². The molecule has 4 heterocycles. The van der Waals surface area contributed by atoms with E-state index in [0.717, 1.165) is 11.4 Å². The van der Waals surface area contributed by atoms with Crippen LogP contribution in [-0.4, -0.2) is 52.8 Å². The minimum atomic E-state index is -0.151. The van der Waals surface area contributed by atoms with Crippen LogP contribution in [0, 0.1) is 0 Å². The normalized spacial score (nSPS) is 14.1. The summed E-state index contributed by atoms with van der Waals surface area (Å²) in [5.74, 6) is 0.853. The summed E-state index contributed by atoms with van der Waals surface area (Å²) in [7, 11) is 0. The topological polar surface area (TPSA) is 91.8 Å². The van der Waals surface area contributed by atoms with Gasteiger partial charge < -0.3 is 24.0 Å². The highest BCUT2D eigenvalue weighted by atomic mass is 16.3. The van der Waals surface area contributed by atoms with Crippen LogP contribution >= 0.6 is 0 Å². The zero-order valence-electron chi connectivity index (χ0n) is 15.2. The number of aromatic nitrogens is 1. The lowest BCUT2D eigenvalue weighted by atomic mass is 10.2. The Kier molecular flexibility index (Phi) is 5.09. The quantitative estimate of drug-likeness (QED) is 0.731. The van der Waals surface area contributed by atoms with Crippen LogP contribution in [0.5, 0.6) is 0 Å². The molecule has 8 heteroatoms. The standard InChI is InChI=1S/C20H20N4O4/c25-19(17-6-5-15(13-22-17)21-14-16-3-1-11-27-16)23-7-9-24(10-8-23)20(26)18-4-2-12-28-18/h1-6,11-13,21H,7-10,14H2. The highest BCUT2D eigenvalue weighted by molar-refractivity contribution is 5.93. The molecule has 4 rings (SSSR count). The first-order valence-electron chi connectivity index (χ1n) is 9.05. The molecule has 0 spiro atoms. The third-order valence-electron chi connectivity index (χ3n) is 4.62. The number of anilines is 1. The van der Waals surface area contributed by atoms with Gasteiger partial charge in [-0.05, 0) is 36.4 Å². The zero-order chi connectivity index (χ0) is 19.3. The van der Waals surface area contributed by atoms with Crippen molar-refractivity contribution in [1.29, 1.82) is 0 Å². The van der Waals surface area contributed by atoms with E-state index in [4.69, 9.17) is 8.83 Å². The minimum absolute atomic E-state index is 0.136. The first-order valence-corrected chi connectivity index (χ1v) is 9.05. The maximum absolute atomic E-state index is 12.7. The van der Waals surface area contributed by atoms with Gasteiger partial charge in [0, 0.05) is 26.2 Å². The monoisotopic (exact) mass is 380 g/mol. The van der Waals surface area contributed by atoms with Gasteiger partial charge in [0.15, 0.2) is 5.76 Å². The van der Waals surface area contributed by atoms with E-state index in [1.807, 2.05) is 18.2 Å². The van der Waals surface area contributed by atoms with Crippen LogP contribution in [0.15, 0.2) is 64.0 Å². The molecule has 1 aliphatic rings. The summed E-state index contributed by atoms with van der Waals surface area (Å²) in [6.45, 7) is 2.41. The second-order valence-corrected chi connectivity index (χ2v) is 6.43. The van der Waals surface area contributed by atoms with Gasteiger partial charge in [0.05, 0.1) is 31.0 Å². The van der Waals surface area contributed by atoms with E-state index in [1.54, 1.807) is 40.5 Å². The van der Waals surface area contributed by atoms with Gasteiger partial charge in [-0.2, -0.15) is 0 Å². The molecule has 1 fully saturated rings. The summed E-state index contributed by atoms with van der Waals surface area (Å²) in [5.41, 5.74) is 1.19. The molecule has 0 saturated carbocycles. The number of carbonyl (C=O) groups is 2. The number of nitrogens with zero attached hydrogens (tertiary/aromatic N) is 3. The number of pyridine rings is 1. The highest BCUT2D eigenvalue weighted by Gasteiger charge is 2.27. The van der Waals surface area contributed by atoms with Crippen LogP contribution in [0.3, 0.4) is 0 Å². The Morgan fingerprint density at radius 3 is 2.25 bits per heavy atom. The van der Waals surface area contributed by atoms with Crippen LogP contribution in [-0.2, 0) is 6.54 Å². The van der Waals surface area contributed by atoms with Crippen LogP contribution < -0.4 is 5.32 Å². The Morgan fingerprint density at radius 1 is 0.929 bits per heavy atom. The Hall–Kier alpha value is -3.55. The fourth-order valence-electron chi connectivity index (χ4n) is 3.06. The molecule has 0 unspecified atom stereocenters.